The summed E-state index contributed by atoms with van der Waals surface area (Å²) in [4.78, 5) is 33.9. The van der Waals surface area contributed by atoms with E-state index in [0.717, 1.165) is 5.56 Å². The van der Waals surface area contributed by atoms with Gasteiger partial charge in [-0.3, -0.25) is 9.59 Å². The summed E-state index contributed by atoms with van der Waals surface area (Å²) < 4.78 is 0. The first-order valence-electron chi connectivity index (χ1n) is 7.07. The molecule has 0 atom stereocenters. The Labute approximate surface area is 129 Å². The average molecular weight is 306 g/mol. The van der Waals surface area contributed by atoms with Crippen molar-refractivity contribution in [3.05, 3.63) is 35.4 Å². The number of carbonyl (C=O) groups excluding carboxylic acids is 2. The number of rotatable bonds is 6. The van der Waals surface area contributed by atoms with Gasteiger partial charge in [-0.2, -0.15) is 0 Å². The normalized spacial score (nSPS) is 10.9. The summed E-state index contributed by atoms with van der Waals surface area (Å²) in [6.45, 7) is 5.72. The smallest absolute Gasteiger partial charge is 0.335 e. The van der Waals surface area contributed by atoms with Crippen LogP contribution in [0.15, 0.2) is 24.3 Å². The van der Waals surface area contributed by atoms with Crippen molar-refractivity contribution >= 4 is 17.8 Å². The molecule has 120 valence electrons. The fraction of sp³-hybridized carbons (Fsp3) is 0.438. The lowest BCUT2D eigenvalue weighted by atomic mass is 9.96. The molecule has 1 rings (SSSR count). The molecule has 0 bridgehead atoms. The van der Waals surface area contributed by atoms with Gasteiger partial charge in [0, 0.05) is 12.0 Å². The molecule has 2 amide bonds. The van der Waals surface area contributed by atoms with Crippen LogP contribution >= 0.6 is 0 Å². The van der Waals surface area contributed by atoms with E-state index in [4.69, 9.17) is 5.11 Å². The Morgan fingerprint density at radius 2 is 1.64 bits per heavy atom. The van der Waals surface area contributed by atoms with Gasteiger partial charge in [0.2, 0.25) is 11.8 Å². The molecule has 1 aromatic rings. The van der Waals surface area contributed by atoms with Crippen molar-refractivity contribution in [1.29, 1.82) is 0 Å². The first-order valence-corrected chi connectivity index (χ1v) is 7.07. The molecule has 0 heterocycles. The molecule has 0 aliphatic carbocycles. The Kier molecular flexibility index (Phi) is 6.10. The van der Waals surface area contributed by atoms with Gasteiger partial charge in [-0.15, -0.1) is 0 Å². The Balaban J connectivity index is 2.30. The summed E-state index contributed by atoms with van der Waals surface area (Å²) in [5.74, 6) is -1.39. The Morgan fingerprint density at radius 3 is 2.14 bits per heavy atom. The standard InChI is InChI=1S/C16H22N2O4/c1-16(2,3)15(22)18-10-13(19)17-9-8-11-4-6-12(7-5-11)14(20)21/h4-7H,8-10H2,1-3H3,(H,17,19)(H,18,22)(H,20,21). The maximum absolute atomic E-state index is 11.6. The highest BCUT2D eigenvalue weighted by Crippen LogP contribution is 2.11. The second-order valence-corrected chi connectivity index (χ2v) is 6.03. The van der Waals surface area contributed by atoms with Gasteiger partial charge in [-0.1, -0.05) is 32.9 Å². The van der Waals surface area contributed by atoms with E-state index < -0.39 is 11.4 Å². The Hall–Kier alpha value is -2.37. The second-order valence-electron chi connectivity index (χ2n) is 6.03. The lowest BCUT2D eigenvalue weighted by Gasteiger charge is -2.17. The molecule has 1 aromatic carbocycles. The van der Waals surface area contributed by atoms with E-state index in [0.29, 0.717) is 13.0 Å². The zero-order valence-corrected chi connectivity index (χ0v) is 13.1. The largest absolute Gasteiger partial charge is 0.478 e. The molecular formula is C16H22N2O4. The third kappa shape index (κ3) is 5.95. The maximum atomic E-state index is 11.6. The van der Waals surface area contributed by atoms with Gasteiger partial charge < -0.3 is 15.7 Å². The van der Waals surface area contributed by atoms with E-state index in [-0.39, 0.29) is 23.9 Å². The van der Waals surface area contributed by atoms with Crippen molar-refractivity contribution in [2.45, 2.75) is 27.2 Å². The minimum atomic E-state index is -0.963. The highest BCUT2D eigenvalue weighted by molar-refractivity contribution is 5.88. The van der Waals surface area contributed by atoms with Gasteiger partial charge in [0.25, 0.3) is 0 Å². The zero-order valence-electron chi connectivity index (χ0n) is 13.1. The van der Waals surface area contributed by atoms with Crippen molar-refractivity contribution in [2.24, 2.45) is 5.41 Å². The Bertz CT molecular complexity index is 544. The third-order valence-corrected chi connectivity index (χ3v) is 3.03. The highest BCUT2D eigenvalue weighted by Gasteiger charge is 2.21. The molecule has 0 fully saturated rings. The van der Waals surface area contributed by atoms with Gasteiger partial charge in [-0.05, 0) is 24.1 Å². The predicted molar refractivity (Wildman–Crippen MR) is 82.6 cm³/mol. The van der Waals surface area contributed by atoms with E-state index >= 15 is 0 Å². The van der Waals surface area contributed by atoms with Crippen molar-refractivity contribution in [1.82, 2.24) is 10.6 Å². The fourth-order valence-electron chi connectivity index (χ4n) is 1.65. The van der Waals surface area contributed by atoms with Crippen LogP contribution in [-0.2, 0) is 16.0 Å². The van der Waals surface area contributed by atoms with Gasteiger partial charge in [0.1, 0.15) is 0 Å². The molecule has 6 nitrogen and oxygen atoms in total. The van der Waals surface area contributed by atoms with Crippen LogP contribution in [0, 0.1) is 5.41 Å². The number of hydrogen-bond donors (Lipinski definition) is 3. The number of carboxylic acid groups (broad SMARTS) is 1. The molecule has 0 unspecified atom stereocenters. The molecule has 22 heavy (non-hydrogen) atoms. The van der Waals surface area contributed by atoms with Gasteiger partial charge >= 0.3 is 5.97 Å². The molecule has 3 N–H and O–H groups in total. The molecule has 0 spiro atoms. The zero-order chi connectivity index (χ0) is 16.8. The minimum absolute atomic E-state index is 0.0476. The lowest BCUT2D eigenvalue weighted by molar-refractivity contribution is -0.131. The number of nitrogens with one attached hydrogen (secondary N) is 2. The quantitative estimate of drug-likeness (QED) is 0.736. The molecule has 0 aliphatic heterocycles. The van der Waals surface area contributed by atoms with E-state index in [1.54, 1.807) is 32.9 Å². The fourth-order valence-corrected chi connectivity index (χ4v) is 1.65. The summed E-state index contributed by atoms with van der Waals surface area (Å²) >= 11 is 0. The number of carboxylic acids is 1. The summed E-state index contributed by atoms with van der Waals surface area (Å²) in [5.41, 5.74) is 0.647. The van der Waals surface area contributed by atoms with E-state index in [1.807, 2.05) is 0 Å². The van der Waals surface area contributed by atoms with Gasteiger partial charge in [0.05, 0.1) is 12.1 Å². The van der Waals surface area contributed by atoms with E-state index in [9.17, 15) is 14.4 Å². The number of aromatic carboxylic acids is 1. The number of hydrogen-bond acceptors (Lipinski definition) is 3. The number of carbonyl (C=O) groups is 3. The second kappa shape index (κ2) is 7.59. The summed E-state index contributed by atoms with van der Waals surface area (Å²) in [6.07, 6.45) is 0.596. The van der Waals surface area contributed by atoms with Gasteiger partial charge in [-0.25, -0.2) is 4.79 Å². The maximum Gasteiger partial charge on any atom is 0.335 e. The first-order chi connectivity index (χ1) is 10.2. The predicted octanol–water partition coefficient (Wildman–Crippen LogP) is 1.21. The van der Waals surface area contributed by atoms with Crippen molar-refractivity contribution < 1.29 is 19.5 Å². The van der Waals surface area contributed by atoms with Crippen LogP contribution in [0.2, 0.25) is 0 Å². The van der Waals surface area contributed by atoms with Crippen molar-refractivity contribution in [3.63, 3.8) is 0 Å². The summed E-state index contributed by atoms with van der Waals surface area (Å²) in [6, 6.07) is 6.50. The van der Waals surface area contributed by atoms with E-state index in [2.05, 4.69) is 10.6 Å². The van der Waals surface area contributed by atoms with Gasteiger partial charge in [0.15, 0.2) is 0 Å². The number of benzene rings is 1. The lowest BCUT2D eigenvalue weighted by Crippen LogP contribution is -2.42. The average Bonchev–Trinajstić information content (AvgIpc) is 2.44. The van der Waals surface area contributed by atoms with Crippen molar-refractivity contribution in [3.8, 4) is 0 Å². The molecule has 0 aliphatic rings. The Morgan fingerprint density at radius 1 is 1.05 bits per heavy atom. The topological polar surface area (TPSA) is 95.5 Å². The first kappa shape index (κ1) is 17.7. The van der Waals surface area contributed by atoms with Crippen molar-refractivity contribution in [2.75, 3.05) is 13.1 Å². The minimum Gasteiger partial charge on any atom is -0.478 e. The molecule has 0 saturated heterocycles. The molecular weight excluding hydrogens is 284 g/mol. The molecule has 0 saturated carbocycles. The molecule has 0 aromatic heterocycles. The third-order valence-electron chi connectivity index (χ3n) is 3.03. The van der Waals surface area contributed by atoms with Crippen LogP contribution in [-0.4, -0.2) is 36.0 Å². The molecule has 0 radical (unpaired) electrons. The molecule has 6 heteroatoms. The van der Waals surface area contributed by atoms with E-state index in [1.165, 1.54) is 12.1 Å². The van der Waals surface area contributed by atoms with Crippen LogP contribution in [0.3, 0.4) is 0 Å². The summed E-state index contributed by atoms with van der Waals surface area (Å²) in [5, 5.41) is 14.1. The number of amides is 2. The monoisotopic (exact) mass is 306 g/mol. The van der Waals surface area contributed by atoms with Crippen LogP contribution in [0.5, 0.6) is 0 Å². The SMILES string of the molecule is CC(C)(C)C(=O)NCC(=O)NCCc1ccc(C(=O)O)cc1. The van der Waals surface area contributed by atoms with Crippen LogP contribution in [0.1, 0.15) is 36.7 Å². The van der Waals surface area contributed by atoms with Crippen LogP contribution in [0.25, 0.3) is 0 Å². The highest BCUT2D eigenvalue weighted by atomic mass is 16.4. The van der Waals surface area contributed by atoms with Crippen LogP contribution in [0.4, 0.5) is 0 Å². The van der Waals surface area contributed by atoms with Crippen LogP contribution < -0.4 is 10.6 Å². The summed E-state index contributed by atoms with van der Waals surface area (Å²) in [7, 11) is 0.